The van der Waals surface area contributed by atoms with Gasteiger partial charge in [0, 0.05) is 6.07 Å². The molecule has 0 spiro atoms. The second-order valence-corrected chi connectivity index (χ2v) is 5.08. The number of hydrogen-bond acceptors (Lipinski definition) is 4. The highest BCUT2D eigenvalue weighted by molar-refractivity contribution is 9.10. The van der Waals surface area contributed by atoms with Crippen LogP contribution in [-0.4, -0.2) is 10.9 Å². The number of hydrogen-bond donors (Lipinski definition) is 1. The van der Waals surface area contributed by atoms with Crippen LogP contribution in [0.25, 0.3) is 11.0 Å². The van der Waals surface area contributed by atoms with Crippen molar-refractivity contribution < 1.29 is 9.21 Å². The minimum absolute atomic E-state index is 0.0551. The number of para-hydroxylation sites is 1. The van der Waals surface area contributed by atoms with Gasteiger partial charge in [0.05, 0.1) is 5.39 Å². The molecule has 0 aliphatic carbocycles. The first-order chi connectivity index (χ1) is 10.1. The van der Waals surface area contributed by atoms with Gasteiger partial charge in [0.2, 0.25) is 0 Å². The van der Waals surface area contributed by atoms with Gasteiger partial charge in [-0.25, -0.2) is 4.98 Å². The van der Waals surface area contributed by atoms with E-state index < -0.39 is 5.91 Å². The van der Waals surface area contributed by atoms with Gasteiger partial charge >= 0.3 is 0 Å². The largest absolute Gasteiger partial charge is 0.451 e. The number of pyridine rings is 1. The standard InChI is InChI=1S/C15H9BrN2O3/c16-13-6-3-7-14(17-13)18-15(20)12-8-10(19)9-4-1-2-5-11(9)21-12/h1-8H,(H,17,18,20). The third kappa shape index (κ3) is 2.85. The van der Waals surface area contributed by atoms with Crippen molar-refractivity contribution in [2.45, 2.75) is 0 Å². The first kappa shape index (κ1) is 13.5. The Morgan fingerprint density at radius 3 is 2.76 bits per heavy atom. The molecule has 2 aromatic heterocycles. The Labute approximate surface area is 127 Å². The van der Waals surface area contributed by atoms with Crippen molar-refractivity contribution >= 4 is 38.6 Å². The molecule has 0 saturated heterocycles. The van der Waals surface area contributed by atoms with Crippen LogP contribution in [0.4, 0.5) is 5.82 Å². The number of nitrogens with zero attached hydrogens (tertiary/aromatic N) is 1. The quantitative estimate of drug-likeness (QED) is 0.724. The van der Waals surface area contributed by atoms with Crippen molar-refractivity contribution in [3.63, 3.8) is 0 Å². The summed E-state index contributed by atoms with van der Waals surface area (Å²) < 4.78 is 6.05. The SMILES string of the molecule is O=C(Nc1cccc(Br)n1)c1cc(=O)c2ccccc2o1. The van der Waals surface area contributed by atoms with Gasteiger partial charge in [-0.3, -0.25) is 9.59 Å². The Morgan fingerprint density at radius 2 is 1.95 bits per heavy atom. The van der Waals surface area contributed by atoms with E-state index in [2.05, 4.69) is 26.2 Å². The van der Waals surface area contributed by atoms with Crippen LogP contribution in [0, 0.1) is 0 Å². The van der Waals surface area contributed by atoms with Crippen LogP contribution in [0.5, 0.6) is 0 Å². The maximum absolute atomic E-state index is 12.1. The first-order valence-electron chi connectivity index (χ1n) is 6.10. The summed E-state index contributed by atoms with van der Waals surface area (Å²) in [5, 5.41) is 3.02. The summed E-state index contributed by atoms with van der Waals surface area (Å²) in [7, 11) is 0. The van der Waals surface area contributed by atoms with Crippen molar-refractivity contribution in [3.05, 3.63) is 69.1 Å². The summed E-state index contributed by atoms with van der Waals surface area (Å²) in [5.74, 6) is -0.214. The number of carbonyl (C=O) groups excluding carboxylic acids is 1. The third-order valence-corrected chi connectivity index (χ3v) is 3.26. The summed E-state index contributed by atoms with van der Waals surface area (Å²) >= 11 is 3.22. The number of amides is 1. The zero-order valence-electron chi connectivity index (χ0n) is 10.7. The fraction of sp³-hybridized carbons (Fsp3) is 0. The molecule has 6 heteroatoms. The van der Waals surface area contributed by atoms with Crippen LogP contribution in [0.3, 0.4) is 0 Å². The Morgan fingerprint density at radius 1 is 1.14 bits per heavy atom. The highest BCUT2D eigenvalue weighted by atomic mass is 79.9. The van der Waals surface area contributed by atoms with Gasteiger partial charge in [-0.2, -0.15) is 0 Å². The van der Waals surface area contributed by atoms with E-state index in [9.17, 15) is 9.59 Å². The van der Waals surface area contributed by atoms with E-state index in [-0.39, 0.29) is 11.2 Å². The Bertz CT molecular complexity index is 889. The summed E-state index contributed by atoms with van der Waals surface area (Å²) in [6.45, 7) is 0. The predicted octanol–water partition coefficient (Wildman–Crippen LogP) is 3.20. The number of aromatic nitrogens is 1. The lowest BCUT2D eigenvalue weighted by Gasteiger charge is -2.05. The van der Waals surface area contributed by atoms with Gasteiger partial charge in [0.25, 0.3) is 5.91 Å². The number of nitrogens with one attached hydrogen (secondary N) is 1. The van der Waals surface area contributed by atoms with E-state index in [1.54, 1.807) is 42.5 Å². The van der Waals surface area contributed by atoms with Crippen LogP contribution in [-0.2, 0) is 0 Å². The fourth-order valence-corrected chi connectivity index (χ4v) is 2.22. The lowest BCUT2D eigenvalue weighted by molar-refractivity contribution is 0.0997. The lowest BCUT2D eigenvalue weighted by atomic mass is 10.2. The minimum Gasteiger partial charge on any atom is -0.451 e. The summed E-state index contributed by atoms with van der Waals surface area (Å²) in [6, 6.07) is 13.1. The molecule has 0 bridgehead atoms. The normalized spacial score (nSPS) is 10.5. The van der Waals surface area contributed by atoms with Gasteiger partial charge in [-0.15, -0.1) is 0 Å². The average Bonchev–Trinajstić information content (AvgIpc) is 2.47. The molecule has 0 aliphatic heterocycles. The molecule has 1 amide bonds. The molecule has 1 aromatic carbocycles. The molecular formula is C15H9BrN2O3. The van der Waals surface area contributed by atoms with Gasteiger partial charge in [0.15, 0.2) is 11.2 Å². The second kappa shape index (κ2) is 5.49. The van der Waals surface area contributed by atoms with Gasteiger partial charge in [-0.1, -0.05) is 18.2 Å². The highest BCUT2D eigenvalue weighted by Gasteiger charge is 2.13. The third-order valence-electron chi connectivity index (χ3n) is 2.82. The van der Waals surface area contributed by atoms with Crippen molar-refractivity contribution in [2.24, 2.45) is 0 Å². The van der Waals surface area contributed by atoms with E-state index in [0.29, 0.717) is 21.4 Å². The number of halogens is 1. The average molecular weight is 345 g/mol. The lowest BCUT2D eigenvalue weighted by Crippen LogP contribution is -2.15. The topological polar surface area (TPSA) is 72.2 Å². The van der Waals surface area contributed by atoms with Crippen molar-refractivity contribution in [1.82, 2.24) is 4.98 Å². The molecule has 104 valence electrons. The van der Waals surface area contributed by atoms with E-state index >= 15 is 0 Å². The van der Waals surface area contributed by atoms with Crippen LogP contribution in [0.15, 0.2) is 62.3 Å². The molecule has 0 radical (unpaired) electrons. The molecule has 5 nitrogen and oxygen atoms in total. The minimum atomic E-state index is -0.525. The molecule has 3 rings (SSSR count). The van der Waals surface area contributed by atoms with Crippen molar-refractivity contribution in [3.8, 4) is 0 Å². The molecular weight excluding hydrogens is 336 g/mol. The number of fused-ring (bicyclic) bond motifs is 1. The Balaban J connectivity index is 1.96. The molecule has 0 saturated carbocycles. The number of rotatable bonds is 2. The van der Waals surface area contributed by atoms with Crippen LogP contribution in [0.2, 0.25) is 0 Å². The summed E-state index contributed by atoms with van der Waals surface area (Å²) in [5.41, 5.74) is 0.113. The van der Waals surface area contributed by atoms with Gasteiger partial charge in [0.1, 0.15) is 16.0 Å². The van der Waals surface area contributed by atoms with Crippen LogP contribution >= 0.6 is 15.9 Å². The number of benzene rings is 1. The Hall–Kier alpha value is -2.47. The van der Waals surface area contributed by atoms with Gasteiger partial charge < -0.3 is 9.73 Å². The van der Waals surface area contributed by atoms with Crippen LogP contribution in [0.1, 0.15) is 10.6 Å². The Kier molecular flexibility index (Phi) is 3.53. The fourth-order valence-electron chi connectivity index (χ4n) is 1.87. The van der Waals surface area contributed by atoms with Gasteiger partial charge in [-0.05, 0) is 40.2 Å². The van der Waals surface area contributed by atoms with E-state index in [0.717, 1.165) is 0 Å². The first-order valence-corrected chi connectivity index (χ1v) is 6.89. The van der Waals surface area contributed by atoms with Crippen molar-refractivity contribution in [2.75, 3.05) is 5.32 Å². The molecule has 2 heterocycles. The number of anilines is 1. The maximum atomic E-state index is 12.1. The summed E-state index contributed by atoms with van der Waals surface area (Å²) in [6.07, 6.45) is 0. The van der Waals surface area contributed by atoms with E-state index in [4.69, 9.17) is 4.42 Å². The zero-order valence-corrected chi connectivity index (χ0v) is 12.3. The van der Waals surface area contributed by atoms with E-state index in [1.165, 1.54) is 6.07 Å². The smallest absolute Gasteiger partial charge is 0.292 e. The zero-order chi connectivity index (χ0) is 14.8. The number of carbonyl (C=O) groups is 1. The molecule has 0 unspecified atom stereocenters. The van der Waals surface area contributed by atoms with E-state index in [1.807, 2.05) is 0 Å². The molecule has 0 aliphatic rings. The summed E-state index contributed by atoms with van der Waals surface area (Å²) in [4.78, 5) is 28.2. The monoisotopic (exact) mass is 344 g/mol. The maximum Gasteiger partial charge on any atom is 0.292 e. The second-order valence-electron chi connectivity index (χ2n) is 4.27. The van der Waals surface area contributed by atoms with Crippen molar-refractivity contribution in [1.29, 1.82) is 0 Å². The highest BCUT2D eigenvalue weighted by Crippen LogP contribution is 2.14. The molecule has 1 N–H and O–H groups in total. The molecule has 0 fully saturated rings. The molecule has 21 heavy (non-hydrogen) atoms. The predicted molar refractivity (Wildman–Crippen MR) is 82.4 cm³/mol. The molecule has 3 aromatic rings. The molecule has 0 atom stereocenters. The van der Waals surface area contributed by atoms with Crippen LogP contribution < -0.4 is 10.7 Å².